The van der Waals surface area contributed by atoms with Crippen LogP contribution in [-0.4, -0.2) is 77.3 Å². The predicted octanol–water partition coefficient (Wildman–Crippen LogP) is 1.78. The summed E-state index contributed by atoms with van der Waals surface area (Å²) in [7, 11) is -2.58. The normalized spacial score (nSPS) is 25.7. The Morgan fingerprint density at radius 3 is 2.69 bits per heavy atom. The summed E-state index contributed by atoms with van der Waals surface area (Å²) >= 11 is 6.20. The van der Waals surface area contributed by atoms with E-state index < -0.39 is 51.7 Å². The molecule has 10 nitrogen and oxygen atoms in total. The van der Waals surface area contributed by atoms with E-state index in [0.29, 0.717) is 11.5 Å². The van der Waals surface area contributed by atoms with Crippen LogP contribution in [0.15, 0.2) is 18.6 Å². The van der Waals surface area contributed by atoms with Gasteiger partial charge < -0.3 is 20.1 Å². The van der Waals surface area contributed by atoms with Crippen LogP contribution >= 0.6 is 11.6 Å². The molecule has 0 spiro atoms. The van der Waals surface area contributed by atoms with Crippen LogP contribution in [0.3, 0.4) is 0 Å². The number of ether oxygens (including phenoxy) is 2. The molecule has 32 heavy (non-hydrogen) atoms. The van der Waals surface area contributed by atoms with E-state index in [-0.39, 0.29) is 24.2 Å². The fraction of sp³-hybridized carbons (Fsp3) is 0.588. The Morgan fingerprint density at radius 2 is 2.00 bits per heavy atom. The van der Waals surface area contributed by atoms with E-state index in [1.54, 1.807) is 24.1 Å². The van der Waals surface area contributed by atoms with Gasteiger partial charge in [-0.25, -0.2) is 13.4 Å². The van der Waals surface area contributed by atoms with E-state index in [2.05, 4.69) is 25.7 Å². The number of anilines is 3. The molecule has 2 unspecified atom stereocenters. The minimum atomic E-state index is -4.79. The van der Waals surface area contributed by atoms with Gasteiger partial charge in [-0.15, -0.1) is 0 Å². The average molecular weight is 497 g/mol. The van der Waals surface area contributed by atoms with E-state index in [4.69, 9.17) is 21.1 Å². The van der Waals surface area contributed by atoms with Gasteiger partial charge in [0.05, 0.1) is 49.2 Å². The lowest BCUT2D eigenvalue weighted by Crippen LogP contribution is -2.37. The second-order valence-corrected chi connectivity index (χ2v) is 10.2. The van der Waals surface area contributed by atoms with Crippen molar-refractivity contribution in [3.63, 3.8) is 0 Å². The molecule has 15 heteroatoms. The fourth-order valence-corrected chi connectivity index (χ4v) is 5.50. The van der Waals surface area contributed by atoms with Gasteiger partial charge in [-0.3, -0.25) is 4.68 Å². The highest BCUT2D eigenvalue weighted by Gasteiger charge is 2.50. The molecule has 176 valence electrons. The Morgan fingerprint density at radius 1 is 1.25 bits per heavy atom. The quantitative estimate of drug-likeness (QED) is 0.591. The lowest BCUT2D eigenvalue weighted by Gasteiger charge is -2.19. The minimum Gasteiger partial charge on any atom is -0.373 e. The summed E-state index contributed by atoms with van der Waals surface area (Å²) in [4.78, 5) is 8.45. The second kappa shape index (κ2) is 8.65. The van der Waals surface area contributed by atoms with Crippen LogP contribution in [0.1, 0.15) is 0 Å². The summed E-state index contributed by atoms with van der Waals surface area (Å²) in [6.07, 6.45) is -1.25. The molecule has 2 N–H and O–H groups in total. The number of sulfone groups is 1. The van der Waals surface area contributed by atoms with Gasteiger partial charge in [-0.2, -0.15) is 23.3 Å². The van der Waals surface area contributed by atoms with Gasteiger partial charge in [-0.1, -0.05) is 11.6 Å². The first-order chi connectivity index (χ1) is 15.0. The molecule has 0 saturated carbocycles. The zero-order chi connectivity index (χ0) is 23.1. The first-order valence-corrected chi connectivity index (χ1v) is 11.7. The molecule has 4 atom stereocenters. The van der Waals surface area contributed by atoms with Gasteiger partial charge in [0, 0.05) is 19.2 Å². The van der Waals surface area contributed by atoms with Crippen molar-refractivity contribution in [3.05, 3.63) is 23.6 Å². The number of alkyl halides is 3. The number of nitrogens with zero attached hydrogens (tertiary/aromatic N) is 4. The number of aryl methyl sites for hydroxylation is 1. The second-order valence-electron chi connectivity index (χ2n) is 7.69. The van der Waals surface area contributed by atoms with Crippen LogP contribution in [0.5, 0.6) is 0 Å². The lowest BCUT2D eigenvalue weighted by molar-refractivity contribution is -0.106. The largest absolute Gasteiger partial charge is 0.402 e. The molecule has 2 aliphatic heterocycles. The maximum atomic E-state index is 12.5. The molecule has 2 saturated heterocycles. The van der Waals surface area contributed by atoms with Gasteiger partial charge in [0.25, 0.3) is 0 Å². The summed E-state index contributed by atoms with van der Waals surface area (Å²) in [5.74, 6) is -2.64. The molecule has 0 aromatic carbocycles. The third-order valence-corrected chi connectivity index (χ3v) is 7.01. The number of halogens is 4. The van der Waals surface area contributed by atoms with Crippen LogP contribution < -0.4 is 10.6 Å². The lowest BCUT2D eigenvalue weighted by atomic mass is 10.0. The number of nitrogens with one attached hydrogen (secondary N) is 2. The van der Waals surface area contributed by atoms with Crippen LogP contribution in [0.4, 0.5) is 30.6 Å². The number of hydrogen-bond donors (Lipinski definition) is 2. The van der Waals surface area contributed by atoms with E-state index in [0.717, 1.165) is 0 Å². The monoisotopic (exact) mass is 496 g/mol. The van der Waals surface area contributed by atoms with Crippen LogP contribution in [0.25, 0.3) is 0 Å². The van der Waals surface area contributed by atoms with Crippen molar-refractivity contribution >= 4 is 38.9 Å². The van der Waals surface area contributed by atoms with Gasteiger partial charge in [0.2, 0.25) is 5.95 Å². The third kappa shape index (κ3) is 5.42. The smallest absolute Gasteiger partial charge is 0.373 e. The summed E-state index contributed by atoms with van der Waals surface area (Å²) in [6, 6.07) is -0.422. The number of rotatable bonds is 7. The molecule has 2 aromatic rings. The Hall–Kier alpha value is -2.16. The van der Waals surface area contributed by atoms with E-state index in [1.807, 2.05) is 0 Å². The van der Waals surface area contributed by atoms with E-state index in [9.17, 15) is 21.6 Å². The van der Waals surface area contributed by atoms with Crippen molar-refractivity contribution < 1.29 is 31.1 Å². The van der Waals surface area contributed by atoms with Crippen molar-refractivity contribution in [1.29, 1.82) is 0 Å². The Labute approximate surface area is 186 Å². The number of hydrogen-bond acceptors (Lipinski definition) is 9. The number of aromatic nitrogens is 4. The van der Waals surface area contributed by atoms with Gasteiger partial charge in [0.15, 0.2) is 15.7 Å². The van der Waals surface area contributed by atoms with Crippen molar-refractivity contribution in [2.45, 2.75) is 24.4 Å². The van der Waals surface area contributed by atoms with Crippen molar-refractivity contribution in [1.82, 2.24) is 19.7 Å². The molecule has 2 fully saturated rings. The fourth-order valence-electron chi connectivity index (χ4n) is 3.80. The minimum absolute atomic E-state index is 0.0179. The highest BCUT2D eigenvalue weighted by atomic mass is 35.5. The van der Waals surface area contributed by atoms with Crippen LogP contribution in [0, 0.1) is 5.92 Å². The molecular formula is C17H20ClF3N6O4S. The van der Waals surface area contributed by atoms with E-state index in [1.165, 1.54) is 6.20 Å². The third-order valence-electron chi connectivity index (χ3n) is 5.03. The van der Waals surface area contributed by atoms with Gasteiger partial charge in [-0.05, 0) is 0 Å². The molecule has 0 aliphatic carbocycles. The molecule has 0 radical (unpaired) electrons. The van der Waals surface area contributed by atoms with Crippen molar-refractivity contribution in [2.24, 2.45) is 13.0 Å². The predicted molar refractivity (Wildman–Crippen MR) is 109 cm³/mol. The standard InChI is InChI=1S/C17H20ClF3N6O4S/c1-27-4-10(2-23-27)24-16-22-3-11(18)15(26-16)25-12-6-31-13-9(5-30-14(12)13)7-32(28,29)8-17(19,20)21/h2-4,9,12-14H,5-8H2,1H3,(H2,22,24,25,26)/t9-,12-,13?,14?/m1/s1. The highest BCUT2D eigenvalue weighted by Crippen LogP contribution is 2.35. The Balaban J connectivity index is 1.41. The first kappa shape index (κ1) is 23.0. The molecule has 2 aromatic heterocycles. The SMILES string of the molecule is Cn1cc(Nc2ncc(Cl)c(N[C@@H]3COC4C3OC[C@@H]4CS(=O)(=O)CC(F)(F)F)n2)cn1. The Kier molecular flexibility index (Phi) is 6.22. The average Bonchev–Trinajstić information content (AvgIpc) is 3.35. The van der Waals surface area contributed by atoms with Gasteiger partial charge in [0.1, 0.15) is 16.9 Å². The topological polar surface area (TPSA) is 120 Å². The first-order valence-electron chi connectivity index (χ1n) is 9.54. The molecule has 4 heterocycles. The maximum absolute atomic E-state index is 12.5. The molecule has 0 bridgehead atoms. The number of fused-ring (bicyclic) bond motifs is 1. The van der Waals surface area contributed by atoms with Crippen LogP contribution in [-0.2, 0) is 26.4 Å². The van der Waals surface area contributed by atoms with Crippen molar-refractivity contribution in [3.8, 4) is 0 Å². The molecule has 0 amide bonds. The molecule has 2 aliphatic rings. The summed E-state index contributed by atoms with van der Waals surface area (Å²) in [5, 5.41) is 10.4. The molecule has 4 rings (SSSR count). The zero-order valence-corrected chi connectivity index (χ0v) is 18.3. The van der Waals surface area contributed by atoms with Gasteiger partial charge >= 0.3 is 6.18 Å². The van der Waals surface area contributed by atoms with Crippen molar-refractivity contribution in [2.75, 3.05) is 35.4 Å². The maximum Gasteiger partial charge on any atom is 0.402 e. The molecular weight excluding hydrogens is 477 g/mol. The van der Waals surface area contributed by atoms with E-state index >= 15 is 0 Å². The summed E-state index contributed by atoms with van der Waals surface area (Å²) < 4.78 is 74.3. The Bertz CT molecular complexity index is 1080. The zero-order valence-electron chi connectivity index (χ0n) is 16.7. The summed E-state index contributed by atoms with van der Waals surface area (Å²) in [6.45, 7) is 0.132. The summed E-state index contributed by atoms with van der Waals surface area (Å²) in [5.41, 5.74) is 0.673. The highest BCUT2D eigenvalue weighted by molar-refractivity contribution is 7.91. The van der Waals surface area contributed by atoms with Crippen LogP contribution in [0.2, 0.25) is 5.02 Å².